The Labute approximate surface area is 255 Å². The zero-order valence-corrected chi connectivity index (χ0v) is 26.2. The predicted octanol–water partition coefficient (Wildman–Crippen LogP) is 5.49. The second-order valence-corrected chi connectivity index (χ2v) is 13.9. The summed E-state index contributed by atoms with van der Waals surface area (Å²) in [6.07, 6.45) is 21.3. The Morgan fingerprint density at radius 1 is 0.907 bits per heavy atom. The maximum absolute atomic E-state index is 14.2. The molecule has 0 radical (unpaired) electrons. The van der Waals surface area contributed by atoms with Crippen LogP contribution in [0.25, 0.3) is 16.7 Å². The van der Waals surface area contributed by atoms with Crippen LogP contribution in [0.3, 0.4) is 0 Å². The van der Waals surface area contributed by atoms with E-state index in [4.69, 9.17) is 9.82 Å². The molecule has 3 aliphatic carbocycles. The summed E-state index contributed by atoms with van der Waals surface area (Å²) < 4.78 is 1.89. The third-order valence-electron chi connectivity index (χ3n) is 10.3. The number of nitrogens with one attached hydrogen (secondary N) is 4. The number of carbonyl (C=O) groups is 2. The summed E-state index contributed by atoms with van der Waals surface area (Å²) in [6, 6.07) is 0.333. The first-order chi connectivity index (χ1) is 20.7. The van der Waals surface area contributed by atoms with Crippen LogP contribution in [0.1, 0.15) is 123 Å². The lowest BCUT2D eigenvalue weighted by atomic mass is 9.81. The van der Waals surface area contributed by atoms with Crippen LogP contribution < -0.4 is 21.4 Å². The fraction of sp³-hybridized carbons (Fsp3) is 0.697. The van der Waals surface area contributed by atoms with Crippen LogP contribution in [0.15, 0.2) is 18.5 Å². The van der Waals surface area contributed by atoms with Crippen molar-refractivity contribution < 1.29 is 14.4 Å². The molecule has 0 bridgehead atoms. The van der Waals surface area contributed by atoms with Gasteiger partial charge in [-0.3, -0.25) is 15.1 Å². The van der Waals surface area contributed by atoms with Crippen LogP contribution in [0.2, 0.25) is 0 Å². The molecule has 4 N–H and O–H groups in total. The van der Waals surface area contributed by atoms with E-state index in [0.717, 1.165) is 86.5 Å². The van der Waals surface area contributed by atoms with E-state index in [-0.39, 0.29) is 11.1 Å². The van der Waals surface area contributed by atoms with Crippen molar-refractivity contribution >= 4 is 34.2 Å². The number of hydrogen-bond acceptors (Lipinski definition) is 7. The summed E-state index contributed by atoms with van der Waals surface area (Å²) in [5.41, 5.74) is 3.47. The van der Waals surface area contributed by atoms with E-state index in [2.05, 4.69) is 47.3 Å². The number of nitrogens with zero attached hydrogens (tertiary/aromatic N) is 3. The van der Waals surface area contributed by atoms with Gasteiger partial charge in [-0.2, -0.15) is 5.10 Å². The molecule has 3 saturated carbocycles. The Hall–Kier alpha value is -3.14. The number of carbonyl (C=O) groups excluding carboxylic acids is 2. The summed E-state index contributed by atoms with van der Waals surface area (Å²) in [6.45, 7) is 6.93. The van der Waals surface area contributed by atoms with Crippen molar-refractivity contribution in [3.05, 3.63) is 24.0 Å². The zero-order valence-electron chi connectivity index (χ0n) is 26.2. The van der Waals surface area contributed by atoms with Crippen LogP contribution >= 0.6 is 0 Å². The molecular formula is C33H49N7O3. The van der Waals surface area contributed by atoms with Crippen molar-refractivity contribution in [2.24, 2.45) is 0 Å². The number of aryl methyl sites for hydroxylation is 1. The van der Waals surface area contributed by atoms with Gasteiger partial charge in [-0.1, -0.05) is 57.8 Å². The van der Waals surface area contributed by atoms with Gasteiger partial charge < -0.3 is 16.0 Å². The van der Waals surface area contributed by atoms with Crippen LogP contribution in [0, 0.1) is 0 Å². The quantitative estimate of drug-likeness (QED) is 0.300. The minimum absolute atomic E-state index is 0.333. The summed E-state index contributed by atoms with van der Waals surface area (Å²) in [5.74, 6) is -0.850. The van der Waals surface area contributed by atoms with Crippen LogP contribution in [-0.2, 0) is 21.0 Å². The van der Waals surface area contributed by atoms with Gasteiger partial charge >= 0.3 is 0 Å². The van der Waals surface area contributed by atoms with Gasteiger partial charge in [0.05, 0.1) is 23.0 Å². The molecule has 2 aromatic rings. The van der Waals surface area contributed by atoms with Gasteiger partial charge in [-0.25, -0.2) is 14.5 Å². The van der Waals surface area contributed by atoms with Crippen molar-refractivity contribution in [2.45, 2.75) is 146 Å². The van der Waals surface area contributed by atoms with Crippen LogP contribution in [0.5, 0.6) is 0 Å². The zero-order chi connectivity index (χ0) is 30.1. The minimum Gasteiger partial charge on any atom is -0.381 e. The van der Waals surface area contributed by atoms with Gasteiger partial charge in [-0.15, -0.1) is 0 Å². The van der Waals surface area contributed by atoms with E-state index < -0.39 is 17.4 Å². The smallest absolute Gasteiger partial charge is 0.271 e. The summed E-state index contributed by atoms with van der Waals surface area (Å²) in [7, 11) is 0. The molecule has 2 aromatic heterocycles. The van der Waals surface area contributed by atoms with E-state index in [0.29, 0.717) is 18.3 Å². The number of pyridine rings is 1. The van der Waals surface area contributed by atoms with Gasteiger partial charge in [0, 0.05) is 35.4 Å². The number of anilines is 1. The van der Waals surface area contributed by atoms with Crippen LogP contribution in [0.4, 0.5) is 5.69 Å². The normalized spacial score (nSPS) is 23.3. The lowest BCUT2D eigenvalue weighted by Crippen LogP contribution is -2.64. The van der Waals surface area contributed by atoms with E-state index in [1.165, 1.54) is 32.1 Å². The molecule has 3 heterocycles. The topological polar surface area (TPSA) is 122 Å². The molecule has 1 aliphatic heterocycles. The molecular weight excluding hydrogens is 542 g/mol. The van der Waals surface area contributed by atoms with Crippen molar-refractivity contribution in [2.75, 3.05) is 5.32 Å². The van der Waals surface area contributed by atoms with Crippen molar-refractivity contribution in [1.29, 1.82) is 0 Å². The Morgan fingerprint density at radius 3 is 2.07 bits per heavy atom. The van der Waals surface area contributed by atoms with Gasteiger partial charge in [0.2, 0.25) is 0 Å². The SMILES string of the molecule is CCn1ncc2c(NC3CCCCC3)c(C3=CC(C(=O)NC4(C)CCCCC4)(C(=O)NC4(C)CCCCC4)ON3)cnc21. The maximum atomic E-state index is 14.2. The predicted molar refractivity (Wildman–Crippen MR) is 168 cm³/mol. The molecule has 10 nitrogen and oxygen atoms in total. The van der Waals surface area contributed by atoms with E-state index >= 15 is 0 Å². The molecule has 0 unspecified atom stereocenters. The number of amides is 2. The summed E-state index contributed by atoms with van der Waals surface area (Å²) in [4.78, 5) is 39.4. The molecule has 2 amide bonds. The molecule has 43 heavy (non-hydrogen) atoms. The third kappa shape index (κ3) is 5.99. The number of aromatic nitrogens is 3. The number of hydrogen-bond donors (Lipinski definition) is 4. The Morgan fingerprint density at radius 2 is 1.49 bits per heavy atom. The monoisotopic (exact) mass is 591 g/mol. The fourth-order valence-corrected chi connectivity index (χ4v) is 7.57. The van der Waals surface area contributed by atoms with Gasteiger partial charge in [0.25, 0.3) is 17.4 Å². The van der Waals surface area contributed by atoms with Crippen molar-refractivity contribution in [3.8, 4) is 0 Å². The highest BCUT2D eigenvalue weighted by atomic mass is 16.7. The van der Waals surface area contributed by atoms with Gasteiger partial charge in [0.1, 0.15) is 0 Å². The molecule has 0 aromatic carbocycles. The van der Waals surface area contributed by atoms with Crippen molar-refractivity contribution in [1.82, 2.24) is 30.9 Å². The molecule has 0 saturated heterocycles. The number of hydroxylamine groups is 1. The first kappa shape index (κ1) is 29.9. The lowest BCUT2D eigenvalue weighted by Gasteiger charge is -2.39. The second-order valence-electron chi connectivity index (χ2n) is 13.9. The van der Waals surface area contributed by atoms with Crippen LogP contribution in [-0.4, -0.2) is 49.3 Å². The van der Waals surface area contributed by atoms with Crippen molar-refractivity contribution in [3.63, 3.8) is 0 Å². The highest BCUT2D eigenvalue weighted by Crippen LogP contribution is 2.38. The van der Waals surface area contributed by atoms with Gasteiger partial charge in [0.15, 0.2) is 5.65 Å². The fourth-order valence-electron chi connectivity index (χ4n) is 7.57. The van der Waals surface area contributed by atoms with E-state index in [1.54, 1.807) is 12.3 Å². The van der Waals surface area contributed by atoms with Gasteiger partial charge in [-0.05, 0) is 65.4 Å². The molecule has 234 valence electrons. The first-order valence-electron chi connectivity index (χ1n) is 16.7. The molecule has 3 fully saturated rings. The van der Waals surface area contributed by atoms with E-state index in [9.17, 15) is 9.59 Å². The Bertz CT molecular complexity index is 1330. The highest BCUT2D eigenvalue weighted by Gasteiger charge is 2.53. The van der Waals surface area contributed by atoms with E-state index in [1.807, 2.05) is 10.9 Å². The number of fused-ring (bicyclic) bond motifs is 1. The minimum atomic E-state index is -1.85. The average molecular weight is 592 g/mol. The maximum Gasteiger partial charge on any atom is 0.271 e. The Kier molecular flexibility index (Phi) is 8.41. The first-order valence-corrected chi connectivity index (χ1v) is 16.7. The highest BCUT2D eigenvalue weighted by molar-refractivity contribution is 6.13. The standard InChI is InChI=1S/C33H49N7O3/c1-4-40-28-25(22-35-40)27(36-23-14-8-5-9-15-23)24(21-34-28)26-20-33(43-39-26,29(41)37-31(2)16-10-6-11-17-31)30(42)38-32(3)18-12-7-13-19-32/h20-23,39H,4-19H2,1-3H3,(H,34,36)(H,37,41)(H,38,42). The summed E-state index contributed by atoms with van der Waals surface area (Å²) >= 11 is 0. The molecule has 0 atom stereocenters. The number of rotatable bonds is 8. The molecule has 6 rings (SSSR count). The third-order valence-corrected chi connectivity index (χ3v) is 10.3. The average Bonchev–Trinajstić information content (AvgIpc) is 3.64. The largest absolute Gasteiger partial charge is 0.381 e. The molecule has 0 spiro atoms. The molecule has 4 aliphatic rings. The summed E-state index contributed by atoms with van der Waals surface area (Å²) in [5, 5.41) is 15.8. The molecule has 10 heteroatoms. The lowest BCUT2D eigenvalue weighted by molar-refractivity contribution is -0.160. The second kappa shape index (κ2) is 12.1. The Balaban J connectivity index is 1.39.